The summed E-state index contributed by atoms with van der Waals surface area (Å²) in [6.45, 7) is 1.98. The SMILES string of the molecule is Cc1cccc(-c2nnc(Sc3ncnc4sc(-c5ccccc5)cc34)n2CC(N)=O)c1. The fourth-order valence-corrected chi connectivity index (χ4v) is 5.36. The van der Waals surface area contributed by atoms with Gasteiger partial charge in [0.25, 0.3) is 0 Å². The molecule has 0 aliphatic heterocycles. The third-order valence-corrected chi connectivity index (χ3v) is 6.94. The molecule has 0 saturated carbocycles. The summed E-state index contributed by atoms with van der Waals surface area (Å²) in [7, 11) is 0. The van der Waals surface area contributed by atoms with Crippen LogP contribution in [0.25, 0.3) is 32.0 Å². The molecule has 32 heavy (non-hydrogen) atoms. The van der Waals surface area contributed by atoms with Gasteiger partial charge in [0.15, 0.2) is 11.0 Å². The van der Waals surface area contributed by atoms with E-state index in [1.807, 2.05) is 49.4 Å². The molecule has 0 saturated heterocycles. The van der Waals surface area contributed by atoms with Crippen molar-refractivity contribution in [3.8, 4) is 21.8 Å². The number of aryl methyl sites for hydroxylation is 1. The quantitative estimate of drug-likeness (QED) is 0.375. The van der Waals surface area contributed by atoms with Gasteiger partial charge in [0.1, 0.15) is 22.7 Å². The number of aromatic nitrogens is 5. The molecular formula is C23H18N6OS2. The molecule has 3 aromatic heterocycles. The minimum atomic E-state index is -0.463. The van der Waals surface area contributed by atoms with Gasteiger partial charge in [0.2, 0.25) is 5.91 Å². The second-order valence-corrected chi connectivity index (χ2v) is 9.19. The average molecular weight is 459 g/mol. The zero-order valence-electron chi connectivity index (χ0n) is 17.1. The summed E-state index contributed by atoms with van der Waals surface area (Å²) in [4.78, 5) is 22.7. The maximum absolute atomic E-state index is 11.8. The van der Waals surface area contributed by atoms with E-state index in [2.05, 4.69) is 38.4 Å². The highest BCUT2D eigenvalue weighted by molar-refractivity contribution is 7.99. The van der Waals surface area contributed by atoms with E-state index in [0.717, 1.165) is 36.8 Å². The first kappa shape index (κ1) is 20.3. The number of rotatable bonds is 6. The van der Waals surface area contributed by atoms with E-state index in [1.54, 1.807) is 22.2 Å². The first-order valence-electron chi connectivity index (χ1n) is 9.85. The highest BCUT2D eigenvalue weighted by Gasteiger charge is 2.19. The number of thiophene rings is 1. The zero-order chi connectivity index (χ0) is 22.1. The topological polar surface area (TPSA) is 99.6 Å². The van der Waals surface area contributed by atoms with Crippen LogP contribution in [0.1, 0.15) is 5.56 Å². The Hall–Kier alpha value is -3.56. The van der Waals surface area contributed by atoms with Gasteiger partial charge in [-0.15, -0.1) is 21.5 Å². The third-order valence-electron chi connectivity index (χ3n) is 4.85. The van der Waals surface area contributed by atoms with Crippen molar-refractivity contribution in [2.45, 2.75) is 23.7 Å². The fraction of sp³-hybridized carbons (Fsp3) is 0.0870. The molecule has 5 aromatic rings. The first-order chi connectivity index (χ1) is 15.6. The maximum Gasteiger partial charge on any atom is 0.237 e. The number of hydrogen-bond donors (Lipinski definition) is 1. The van der Waals surface area contributed by atoms with Gasteiger partial charge in [-0.25, -0.2) is 9.97 Å². The van der Waals surface area contributed by atoms with Crippen LogP contribution in [0.15, 0.2) is 77.2 Å². The molecule has 158 valence electrons. The van der Waals surface area contributed by atoms with Crippen molar-refractivity contribution in [3.05, 3.63) is 72.6 Å². The molecule has 2 N–H and O–H groups in total. The second kappa shape index (κ2) is 8.52. The van der Waals surface area contributed by atoms with Gasteiger partial charge in [-0.3, -0.25) is 9.36 Å². The van der Waals surface area contributed by atoms with Crippen LogP contribution in [0.3, 0.4) is 0 Å². The number of nitrogens with zero attached hydrogens (tertiary/aromatic N) is 5. The molecule has 0 fully saturated rings. The van der Waals surface area contributed by atoms with Gasteiger partial charge in [0.05, 0.1) is 0 Å². The molecule has 7 nitrogen and oxygen atoms in total. The molecule has 0 bridgehead atoms. The standard InChI is InChI=1S/C23H18N6OS2/c1-14-6-5-9-16(10-14)20-27-28-23(29(20)12-19(24)30)32-22-17-11-18(15-7-3-2-4-8-15)31-21(17)25-13-26-22/h2-11,13H,12H2,1H3,(H2,24,30). The minimum absolute atomic E-state index is 0.0221. The van der Waals surface area contributed by atoms with Crippen molar-refractivity contribution < 1.29 is 4.79 Å². The van der Waals surface area contributed by atoms with E-state index >= 15 is 0 Å². The minimum Gasteiger partial charge on any atom is -0.368 e. The van der Waals surface area contributed by atoms with Crippen LogP contribution in [0.5, 0.6) is 0 Å². The first-order valence-corrected chi connectivity index (χ1v) is 11.5. The van der Waals surface area contributed by atoms with Crippen molar-refractivity contribution in [1.29, 1.82) is 0 Å². The number of fused-ring (bicyclic) bond motifs is 1. The third kappa shape index (κ3) is 4.00. The molecular weight excluding hydrogens is 440 g/mol. The molecule has 3 heterocycles. The Balaban J connectivity index is 1.56. The van der Waals surface area contributed by atoms with Gasteiger partial charge in [-0.2, -0.15) is 0 Å². The Morgan fingerprint density at radius 2 is 1.84 bits per heavy atom. The summed E-state index contributed by atoms with van der Waals surface area (Å²) in [5.74, 6) is 0.130. The average Bonchev–Trinajstić information content (AvgIpc) is 3.39. The molecule has 0 aliphatic rings. The molecule has 5 rings (SSSR count). The molecule has 1 amide bonds. The Kier molecular flexibility index (Phi) is 5.42. The van der Waals surface area contributed by atoms with Crippen LogP contribution < -0.4 is 5.73 Å². The van der Waals surface area contributed by atoms with Crippen LogP contribution in [-0.2, 0) is 11.3 Å². The van der Waals surface area contributed by atoms with E-state index < -0.39 is 5.91 Å². The largest absolute Gasteiger partial charge is 0.368 e. The van der Waals surface area contributed by atoms with E-state index in [0.29, 0.717) is 11.0 Å². The van der Waals surface area contributed by atoms with E-state index in [-0.39, 0.29) is 6.54 Å². The molecule has 0 aliphatic carbocycles. The molecule has 9 heteroatoms. The Bertz CT molecular complexity index is 1430. The van der Waals surface area contributed by atoms with Crippen molar-refractivity contribution in [2.75, 3.05) is 0 Å². The second-order valence-electron chi connectivity index (χ2n) is 7.20. The van der Waals surface area contributed by atoms with Crippen molar-refractivity contribution in [3.63, 3.8) is 0 Å². The van der Waals surface area contributed by atoms with Crippen LogP contribution >= 0.6 is 23.1 Å². The van der Waals surface area contributed by atoms with Crippen LogP contribution in [0.2, 0.25) is 0 Å². The molecule has 0 atom stereocenters. The Morgan fingerprint density at radius 3 is 2.62 bits per heavy atom. The van der Waals surface area contributed by atoms with Gasteiger partial charge in [-0.05, 0) is 36.4 Å². The monoisotopic (exact) mass is 458 g/mol. The van der Waals surface area contributed by atoms with Gasteiger partial charge in [0, 0.05) is 15.8 Å². The summed E-state index contributed by atoms with van der Waals surface area (Å²) in [6.07, 6.45) is 1.55. The van der Waals surface area contributed by atoms with Crippen LogP contribution in [0, 0.1) is 6.92 Å². The predicted octanol–water partition coefficient (Wildman–Crippen LogP) is 4.56. The highest BCUT2D eigenvalue weighted by atomic mass is 32.2. The van der Waals surface area contributed by atoms with Crippen molar-refractivity contribution in [1.82, 2.24) is 24.7 Å². The Morgan fingerprint density at radius 1 is 1.03 bits per heavy atom. The number of hydrogen-bond acceptors (Lipinski definition) is 7. The predicted molar refractivity (Wildman–Crippen MR) is 126 cm³/mol. The highest BCUT2D eigenvalue weighted by Crippen LogP contribution is 2.38. The molecule has 0 spiro atoms. The maximum atomic E-state index is 11.8. The van der Waals surface area contributed by atoms with E-state index in [1.165, 1.54) is 11.8 Å². The van der Waals surface area contributed by atoms with E-state index in [9.17, 15) is 4.79 Å². The smallest absolute Gasteiger partial charge is 0.237 e. The Labute approximate surface area is 192 Å². The molecule has 0 radical (unpaired) electrons. The number of primary amides is 1. The summed E-state index contributed by atoms with van der Waals surface area (Å²) in [5, 5.41) is 10.9. The normalized spacial score (nSPS) is 11.2. The zero-order valence-corrected chi connectivity index (χ0v) is 18.7. The van der Waals surface area contributed by atoms with Gasteiger partial charge in [-0.1, -0.05) is 54.1 Å². The lowest BCUT2D eigenvalue weighted by Crippen LogP contribution is -2.20. The van der Waals surface area contributed by atoms with Crippen LogP contribution in [0.4, 0.5) is 0 Å². The van der Waals surface area contributed by atoms with E-state index in [4.69, 9.17) is 5.73 Å². The number of nitrogens with two attached hydrogens (primary N) is 1. The summed E-state index contributed by atoms with van der Waals surface area (Å²) in [5.41, 5.74) is 8.63. The lowest BCUT2D eigenvalue weighted by Gasteiger charge is -2.08. The molecule has 2 aromatic carbocycles. The van der Waals surface area contributed by atoms with Gasteiger partial charge < -0.3 is 5.73 Å². The summed E-state index contributed by atoms with van der Waals surface area (Å²) in [6, 6.07) is 20.2. The summed E-state index contributed by atoms with van der Waals surface area (Å²) >= 11 is 2.96. The number of amides is 1. The number of benzene rings is 2. The fourth-order valence-electron chi connectivity index (χ4n) is 3.41. The lowest BCUT2D eigenvalue weighted by atomic mass is 10.1. The van der Waals surface area contributed by atoms with Crippen molar-refractivity contribution in [2.24, 2.45) is 5.73 Å². The van der Waals surface area contributed by atoms with Crippen LogP contribution in [-0.4, -0.2) is 30.6 Å². The van der Waals surface area contributed by atoms with Crippen molar-refractivity contribution >= 4 is 39.2 Å². The molecule has 0 unspecified atom stereocenters. The lowest BCUT2D eigenvalue weighted by molar-refractivity contribution is -0.118. The number of carbonyl (C=O) groups is 1. The van der Waals surface area contributed by atoms with Gasteiger partial charge >= 0.3 is 0 Å². The summed E-state index contributed by atoms with van der Waals surface area (Å²) < 4.78 is 1.74. The number of carbonyl (C=O) groups excluding carboxylic acids is 1.